The van der Waals surface area contributed by atoms with Gasteiger partial charge in [-0.15, -0.1) is 0 Å². The molecule has 3 heterocycles. The molecule has 27 heavy (non-hydrogen) atoms. The molecular weight excluding hydrogens is 368 g/mol. The number of aromatic nitrogens is 5. The number of hydrogen-bond acceptors (Lipinski definition) is 5. The van der Waals surface area contributed by atoms with Crippen LogP contribution in [0.25, 0.3) is 5.65 Å². The molecule has 1 aromatic carbocycles. The summed E-state index contributed by atoms with van der Waals surface area (Å²) in [5, 5.41) is 17.6. The first-order chi connectivity index (χ1) is 13.1. The molecule has 3 aromatic heterocycles. The Balaban J connectivity index is 1.44. The Morgan fingerprint density at radius 1 is 1.19 bits per heavy atom. The molecule has 4 rings (SSSR count). The summed E-state index contributed by atoms with van der Waals surface area (Å²) in [5.41, 5.74) is 2.24. The lowest BCUT2D eigenvalue weighted by molar-refractivity contribution is 0.102. The van der Waals surface area contributed by atoms with E-state index in [1.807, 2.05) is 0 Å². The molecule has 0 fully saturated rings. The maximum Gasteiger partial charge on any atom is 0.275 e. The van der Waals surface area contributed by atoms with Crippen molar-refractivity contribution in [2.75, 3.05) is 5.32 Å². The van der Waals surface area contributed by atoms with Crippen LogP contribution < -0.4 is 5.32 Å². The molecule has 8 nitrogen and oxygen atoms in total. The normalized spacial score (nSPS) is 12.2. The minimum atomic E-state index is -0.723. The van der Waals surface area contributed by atoms with Crippen LogP contribution in [0, 0.1) is 0 Å². The van der Waals surface area contributed by atoms with Gasteiger partial charge in [-0.05, 0) is 29.8 Å². The number of carbonyl (C=O) groups is 1. The molecule has 0 radical (unpaired) electrons. The number of fused-ring (bicyclic) bond motifs is 1. The molecular formula is C18H15ClN6O2. The van der Waals surface area contributed by atoms with Crippen molar-refractivity contribution in [3.05, 3.63) is 77.7 Å². The van der Waals surface area contributed by atoms with Gasteiger partial charge in [0, 0.05) is 18.1 Å². The maximum absolute atomic E-state index is 12.4. The third kappa shape index (κ3) is 3.81. The van der Waals surface area contributed by atoms with E-state index < -0.39 is 6.10 Å². The molecule has 0 aliphatic carbocycles. The van der Waals surface area contributed by atoms with Crippen molar-refractivity contribution in [1.29, 1.82) is 0 Å². The largest absolute Gasteiger partial charge is 0.386 e. The Hall–Kier alpha value is -3.23. The van der Waals surface area contributed by atoms with Crippen LogP contribution in [0.3, 0.4) is 0 Å². The van der Waals surface area contributed by atoms with Gasteiger partial charge in [0.05, 0.1) is 17.7 Å². The molecule has 1 amide bonds. The van der Waals surface area contributed by atoms with Gasteiger partial charge < -0.3 is 14.8 Å². The smallest absolute Gasteiger partial charge is 0.275 e. The van der Waals surface area contributed by atoms with E-state index >= 15 is 0 Å². The number of anilines is 1. The number of benzene rings is 1. The second-order valence-corrected chi connectivity index (χ2v) is 6.38. The quantitative estimate of drug-likeness (QED) is 0.553. The highest BCUT2D eigenvalue weighted by Crippen LogP contribution is 2.18. The predicted molar refractivity (Wildman–Crippen MR) is 99.6 cm³/mol. The molecule has 1 atom stereocenters. The van der Waals surface area contributed by atoms with Crippen LogP contribution in [-0.4, -0.2) is 35.2 Å². The number of carbonyl (C=O) groups excluding carboxylic acids is 1. The van der Waals surface area contributed by atoms with Crippen LogP contribution in [0.1, 0.15) is 22.2 Å². The fourth-order valence-corrected chi connectivity index (χ4v) is 2.84. The topological polar surface area (TPSA) is 97.3 Å². The van der Waals surface area contributed by atoms with Gasteiger partial charge in [-0.1, -0.05) is 23.7 Å². The van der Waals surface area contributed by atoms with Gasteiger partial charge in [0.1, 0.15) is 24.0 Å². The Morgan fingerprint density at radius 2 is 2.00 bits per heavy atom. The fourth-order valence-electron chi connectivity index (χ4n) is 2.67. The van der Waals surface area contributed by atoms with Gasteiger partial charge in [0.15, 0.2) is 0 Å². The van der Waals surface area contributed by atoms with Gasteiger partial charge in [-0.25, -0.2) is 9.97 Å². The summed E-state index contributed by atoms with van der Waals surface area (Å²) in [4.78, 5) is 20.5. The molecule has 4 aromatic rings. The van der Waals surface area contributed by atoms with Crippen molar-refractivity contribution in [3.8, 4) is 0 Å². The summed E-state index contributed by atoms with van der Waals surface area (Å²) in [6.07, 6.45) is 5.54. The Morgan fingerprint density at radius 3 is 2.74 bits per heavy atom. The minimum Gasteiger partial charge on any atom is -0.386 e. The highest BCUT2D eigenvalue weighted by Gasteiger charge is 2.13. The van der Waals surface area contributed by atoms with Crippen LogP contribution in [0.4, 0.5) is 5.69 Å². The van der Waals surface area contributed by atoms with Crippen molar-refractivity contribution >= 4 is 28.8 Å². The van der Waals surface area contributed by atoms with E-state index in [2.05, 4.69) is 20.4 Å². The molecule has 0 unspecified atom stereocenters. The van der Waals surface area contributed by atoms with E-state index in [-0.39, 0.29) is 11.6 Å². The first-order valence-corrected chi connectivity index (χ1v) is 8.52. The number of aliphatic hydroxyl groups is 1. The van der Waals surface area contributed by atoms with Crippen LogP contribution >= 0.6 is 11.6 Å². The Labute approximate surface area is 159 Å². The number of halogens is 1. The van der Waals surface area contributed by atoms with E-state index in [0.29, 0.717) is 28.5 Å². The lowest BCUT2D eigenvalue weighted by Crippen LogP contribution is -2.13. The molecule has 0 aliphatic heterocycles. The predicted octanol–water partition coefficient (Wildman–Crippen LogP) is 2.57. The monoisotopic (exact) mass is 382 g/mol. The molecule has 0 spiro atoms. The van der Waals surface area contributed by atoms with Crippen LogP contribution in [-0.2, 0) is 6.54 Å². The number of imidazole rings is 1. The molecule has 0 aliphatic rings. The van der Waals surface area contributed by atoms with Crippen LogP contribution in [0.5, 0.6) is 0 Å². The van der Waals surface area contributed by atoms with Crippen molar-refractivity contribution in [2.24, 2.45) is 0 Å². The number of nitrogens with zero attached hydrogens (tertiary/aromatic N) is 5. The zero-order valence-corrected chi connectivity index (χ0v) is 14.8. The van der Waals surface area contributed by atoms with Gasteiger partial charge in [0.25, 0.3) is 5.91 Å². The first kappa shape index (κ1) is 17.2. The van der Waals surface area contributed by atoms with E-state index in [9.17, 15) is 9.90 Å². The van der Waals surface area contributed by atoms with E-state index in [0.717, 1.165) is 0 Å². The number of rotatable bonds is 5. The van der Waals surface area contributed by atoms with Crippen molar-refractivity contribution < 1.29 is 9.90 Å². The lowest BCUT2D eigenvalue weighted by Gasteiger charge is -2.11. The Kier molecular flexibility index (Phi) is 4.57. The third-order valence-electron chi connectivity index (χ3n) is 4.03. The molecule has 2 N–H and O–H groups in total. The summed E-state index contributed by atoms with van der Waals surface area (Å²) in [6, 6.07) is 10.4. The maximum atomic E-state index is 12.4. The SMILES string of the molecule is O=C(Nc1ccc([C@@H](O)Cn2cncn2)cc1)c1cn2cc(Cl)ccc2n1. The fraction of sp³-hybridized carbons (Fsp3) is 0.111. The number of amides is 1. The molecule has 136 valence electrons. The second kappa shape index (κ2) is 7.18. The van der Waals surface area contributed by atoms with Crippen molar-refractivity contribution in [3.63, 3.8) is 0 Å². The number of aliphatic hydroxyl groups excluding tert-OH is 1. The zero-order chi connectivity index (χ0) is 18.8. The molecule has 9 heteroatoms. The summed E-state index contributed by atoms with van der Waals surface area (Å²) in [5.74, 6) is -0.328. The molecule has 0 bridgehead atoms. The molecule has 0 saturated carbocycles. The summed E-state index contributed by atoms with van der Waals surface area (Å²) in [7, 11) is 0. The first-order valence-electron chi connectivity index (χ1n) is 8.14. The highest BCUT2D eigenvalue weighted by atomic mass is 35.5. The van der Waals surface area contributed by atoms with Gasteiger partial charge in [0.2, 0.25) is 0 Å². The second-order valence-electron chi connectivity index (χ2n) is 5.95. The molecule has 0 saturated heterocycles. The average Bonchev–Trinajstić information content (AvgIpc) is 3.31. The summed E-state index contributed by atoms with van der Waals surface area (Å²) < 4.78 is 3.25. The third-order valence-corrected chi connectivity index (χ3v) is 4.25. The van der Waals surface area contributed by atoms with Gasteiger partial charge >= 0.3 is 0 Å². The van der Waals surface area contributed by atoms with Crippen LogP contribution in [0.2, 0.25) is 5.02 Å². The average molecular weight is 383 g/mol. The minimum absolute atomic E-state index is 0.285. The Bertz CT molecular complexity index is 1080. The van der Waals surface area contributed by atoms with E-state index in [1.54, 1.807) is 64.2 Å². The number of hydrogen-bond donors (Lipinski definition) is 2. The number of pyridine rings is 1. The van der Waals surface area contributed by atoms with Crippen LogP contribution in [0.15, 0.2) is 61.4 Å². The summed E-state index contributed by atoms with van der Waals surface area (Å²) in [6.45, 7) is 0.301. The van der Waals surface area contributed by atoms with Crippen molar-refractivity contribution in [1.82, 2.24) is 24.1 Å². The van der Waals surface area contributed by atoms with Crippen molar-refractivity contribution in [2.45, 2.75) is 12.6 Å². The lowest BCUT2D eigenvalue weighted by atomic mass is 10.1. The highest BCUT2D eigenvalue weighted by molar-refractivity contribution is 6.30. The van der Waals surface area contributed by atoms with E-state index in [4.69, 9.17) is 11.6 Å². The zero-order valence-electron chi connectivity index (χ0n) is 14.0. The summed E-state index contributed by atoms with van der Waals surface area (Å²) >= 11 is 5.94. The van der Waals surface area contributed by atoms with Gasteiger partial charge in [-0.3, -0.25) is 9.48 Å². The van der Waals surface area contributed by atoms with E-state index in [1.165, 1.54) is 6.33 Å². The van der Waals surface area contributed by atoms with Gasteiger partial charge in [-0.2, -0.15) is 5.10 Å². The number of nitrogens with one attached hydrogen (secondary N) is 1. The standard InChI is InChI=1S/C18H15ClN6O2/c19-13-3-6-17-23-15(8-24(17)7-13)18(27)22-14-4-1-12(2-5-14)16(26)9-25-11-20-10-21-25/h1-8,10-11,16,26H,9H2,(H,22,27)/t16-/m0/s1.